The number of nitrogen functional groups attached to an aromatic ring is 1. The molecule has 18 heavy (non-hydrogen) atoms. The quantitative estimate of drug-likeness (QED) is 0.657. The van der Waals surface area contributed by atoms with E-state index in [1.54, 1.807) is 35.2 Å². The Labute approximate surface area is 105 Å². The van der Waals surface area contributed by atoms with Crippen LogP contribution >= 0.6 is 0 Å². The number of hydrogen-bond acceptors (Lipinski definition) is 4. The number of carbonyl (C=O) groups is 1. The number of aromatic nitrogens is 2. The van der Waals surface area contributed by atoms with Gasteiger partial charge in [0, 0.05) is 30.7 Å². The maximum atomic E-state index is 12.4. The van der Waals surface area contributed by atoms with Crippen molar-refractivity contribution in [1.29, 1.82) is 0 Å². The summed E-state index contributed by atoms with van der Waals surface area (Å²) in [6.07, 6.45) is 3.39. The van der Waals surface area contributed by atoms with Crippen LogP contribution in [0, 0.1) is 0 Å². The molecule has 0 fully saturated rings. The minimum Gasteiger partial charge on any atom is -0.496 e. The lowest BCUT2D eigenvalue weighted by atomic mass is 10.1. The minimum absolute atomic E-state index is 0.168. The molecule has 1 heterocycles. The topological polar surface area (TPSA) is 70.1 Å². The molecule has 0 unspecified atom stereocenters. The van der Waals surface area contributed by atoms with E-state index in [2.05, 4.69) is 4.98 Å². The third-order valence-electron chi connectivity index (χ3n) is 2.73. The second-order valence-corrected chi connectivity index (χ2v) is 3.83. The lowest BCUT2D eigenvalue weighted by Gasteiger charge is -2.09. The lowest BCUT2D eigenvalue weighted by Crippen LogP contribution is -2.11. The van der Waals surface area contributed by atoms with Crippen LogP contribution in [0.4, 0.5) is 5.69 Å². The molecule has 5 heteroatoms. The fourth-order valence-electron chi connectivity index (χ4n) is 1.79. The van der Waals surface area contributed by atoms with Gasteiger partial charge in [-0.25, -0.2) is 4.98 Å². The van der Waals surface area contributed by atoms with E-state index >= 15 is 0 Å². The van der Waals surface area contributed by atoms with E-state index in [-0.39, 0.29) is 5.78 Å². The van der Waals surface area contributed by atoms with Crippen molar-refractivity contribution in [3.05, 3.63) is 42.0 Å². The number of ketones is 1. The van der Waals surface area contributed by atoms with Crippen LogP contribution in [-0.2, 0) is 6.54 Å². The van der Waals surface area contributed by atoms with Gasteiger partial charge in [-0.2, -0.15) is 0 Å². The van der Waals surface area contributed by atoms with Gasteiger partial charge in [0.05, 0.1) is 12.7 Å². The van der Waals surface area contributed by atoms with E-state index in [9.17, 15) is 4.79 Å². The molecule has 2 aromatic rings. The number of carbonyl (C=O) groups excluding carboxylic acids is 1. The zero-order valence-corrected chi connectivity index (χ0v) is 10.4. The number of nitrogens with two attached hydrogens (primary N) is 1. The van der Waals surface area contributed by atoms with Gasteiger partial charge < -0.3 is 15.0 Å². The summed E-state index contributed by atoms with van der Waals surface area (Å²) in [5, 5.41) is 0. The minimum atomic E-state index is -0.168. The van der Waals surface area contributed by atoms with Crippen LogP contribution in [-0.4, -0.2) is 22.4 Å². The molecule has 0 spiro atoms. The van der Waals surface area contributed by atoms with Crippen LogP contribution in [0.25, 0.3) is 0 Å². The Morgan fingerprint density at radius 3 is 2.94 bits per heavy atom. The van der Waals surface area contributed by atoms with Crippen molar-refractivity contribution in [2.24, 2.45) is 0 Å². The Morgan fingerprint density at radius 1 is 1.50 bits per heavy atom. The highest BCUT2D eigenvalue weighted by Crippen LogP contribution is 2.23. The summed E-state index contributed by atoms with van der Waals surface area (Å²) < 4.78 is 6.97. The number of ether oxygens (including phenoxy) is 1. The molecule has 1 aromatic carbocycles. The van der Waals surface area contributed by atoms with E-state index in [0.29, 0.717) is 29.4 Å². The molecule has 0 amide bonds. The summed E-state index contributed by atoms with van der Waals surface area (Å²) in [6, 6.07) is 4.96. The SMILES string of the molecule is CCn1ccnc1C(=O)c1ccc(N)cc1OC. The molecular formula is C13H15N3O2. The molecule has 0 aliphatic rings. The van der Waals surface area contributed by atoms with Crippen LogP contribution in [0.2, 0.25) is 0 Å². The highest BCUT2D eigenvalue weighted by atomic mass is 16.5. The summed E-state index contributed by atoms with van der Waals surface area (Å²) in [5.74, 6) is 0.699. The van der Waals surface area contributed by atoms with E-state index in [0.717, 1.165) is 0 Å². The van der Waals surface area contributed by atoms with Crippen molar-refractivity contribution < 1.29 is 9.53 Å². The summed E-state index contributed by atoms with van der Waals surface area (Å²) >= 11 is 0. The molecule has 0 saturated heterocycles. The number of methoxy groups -OCH3 is 1. The average molecular weight is 245 g/mol. The fourth-order valence-corrected chi connectivity index (χ4v) is 1.79. The maximum absolute atomic E-state index is 12.4. The van der Waals surface area contributed by atoms with Gasteiger partial charge in [-0.3, -0.25) is 4.79 Å². The number of rotatable bonds is 4. The normalized spacial score (nSPS) is 10.3. The summed E-state index contributed by atoms with van der Waals surface area (Å²) in [4.78, 5) is 16.5. The highest BCUT2D eigenvalue weighted by Gasteiger charge is 2.18. The average Bonchev–Trinajstić information content (AvgIpc) is 2.86. The molecule has 2 rings (SSSR count). The van der Waals surface area contributed by atoms with Crippen molar-refractivity contribution in [1.82, 2.24) is 9.55 Å². The van der Waals surface area contributed by atoms with Gasteiger partial charge >= 0.3 is 0 Å². The first kappa shape index (κ1) is 12.2. The third-order valence-corrected chi connectivity index (χ3v) is 2.73. The van der Waals surface area contributed by atoms with Crippen LogP contribution in [0.5, 0.6) is 5.75 Å². The molecule has 0 atom stereocenters. The number of benzene rings is 1. The number of imidazole rings is 1. The third kappa shape index (κ3) is 2.07. The van der Waals surface area contributed by atoms with Crippen molar-refractivity contribution in [2.75, 3.05) is 12.8 Å². The Balaban J connectivity index is 2.46. The first-order chi connectivity index (χ1) is 8.67. The summed E-state index contributed by atoms with van der Waals surface area (Å²) in [7, 11) is 1.51. The number of aryl methyl sites for hydroxylation is 1. The van der Waals surface area contributed by atoms with Crippen LogP contribution in [0.1, 0.15) is 23.1 Å². The van der Waals surface area contributed by atoms with Crippen LogP contribution in [0.15, 0.2) is 30.6 Å². The Morgan fingerprint density at radius 2 is 2.28 bits per heavy atom. The Kier molecular flexibility index (Phi) is 3.32. The summed E-state index contributed by atoms with van der Waals surface area (Å²) in [5.41, 5.74) is 6.69. The van der Waals surface area contributed by atoms with Gasteiger partial charge in [0.25, 0.3) is 0 Å². The molecular weight excluding hydrogens is 230 g/mol. The predicted octanol–water partition coefficient (Wildman–Crippen LogP) is 1.72. The van der Waals surface area contributed by atoms with Gasteiger partial charge in [-0.1, -0.05) is 0 Å². The number of nitrogens with zero attached hydrogens (tertiary/aromatic N) is 2. The largest absolute Gasteiger partial charge is 0.496 e. The van der Waals surface area contributed by atoms with Crippen molar-refractivity contribution in [3.63, 3.8) is 0 Å². The highest BCUT2D eigenvalue weighted by molar-refractivity contribution is 6.08. The van der Waals surface area contributed by atoms with E-state index < -0.39 is 0 Å². The number of anilines is 1. The van der Waals surface area contributed by atoms with Gasteiger partial charge in [0.2, 0.25) is 5.78 Å². The molecule has 2 N–H and O–H groups in total. The van der Waals surface area contributed by atoms with Crippen molar-refractivity contribution in [2.45, 2.75) is 13.5 Å². The molecule has 1 aromatic heterocycles. The van der Waals surface area contributed by atoms with E-state index in [1.165, 1.54) is 7.11 Å². The summed E-state index contributed by atoms with van der Waals surface area (Å²) in [6.45, 7) is 2.65. The molecule has 0 aliphatic heterocycles. The molecule has 0 aliphatic carbocycles. The first-order valence-electron chi connectivity index (χ1n) is 5.66. The van der Waals surface area contributed by atoms with Crippen molar-refractivity contribution in [3.8, 4) is 5.75 Å². The second-order valence-electron chi connectivity index (χ2n) is 3.83. The zero-order valence-electron chi connectivity index (χ0n) is 10.4. The molecule has 5 nitrogen and oxygen atoms in total. The van der Waals surface area contributed by atoms with E-state index in [4.69, 9.17) is 10.5 Å². The lowest BCUT2D eigenvalue weighted by molar-refractivity contribution is 0.102. The number of hydrogen-bond donors (Lipinski definition) is 1. The molecule has 0 radical (unpaired) electrons. The predicted molar refractivity (Wildman–Crippen MR) is 68.7 cm³/mol. The molecule has 94 valence electrons. The zero-order chi connectivity index (χ0) is 13.1. The van der Waals surface area contributed by atoms with Gasteiger partial charge in [-0.05, 0) is 19.1 Å². The molecule has 0 bridgehead atoms. The van der Waals surface area contributed by atoms with E-state index in [1.807, 2.05) is 6.92 Å². The monoisotopic (exact) mass is 245 g/mol. The smallest absolute Gasteiger partial charge is 0.232 e. The first-order valence-corrected chi connectivity index (χ1v) is 5.66. The second kappa shape index (κ2) is 4.91. The van der Waals surface area contributed by atoms with Gasteiger partial charge in [0.15, 0.2) is 5.82 Å². The van der Waals surface area contributed by atoms with Gasteiger partial charge in [-0.15, -0.1) is 0 Å². The van der Waals surface area contributed by atoms with Crippen molar-refractivity contribution >= 4 is 11.5 Å². The molecule has 0 saturated carbocycles. The fraction of sp³-hybridized carbons (Fsp3) is 0.231. The standard InChI is InChI=1S/C13H15N3O2/c1-3-16-7-6-15-13(16)12(17)10-5-4-9(14)8-11(10)18-2/h4-8H,3,14H2,1-2H3. The Hall–Kier alpha value is -2.30. The van der Waals surface area contributed by atoms with Crippen LogP contribution in [0.3, 0.4) is 0 Å². The van der Waals surface area contributed by atoms with Crippen LogP contribution < -0.4 is 10.5 Å². The maximum Gasteiger partial charge on any atom is 0.232 e. The Bertz CT molecular complexity index is 575. The van der Waals surface area contributed by atoms with Gasteiger partial charge in [0.1, 0.15) is 5.75 Å².